The molecule has 128 valence electrons. The van der Waals surface area contributed by atoms with Gasteiger partial charge in [0.1, 0.15) is 5.75 Å². The van der Waals surface area contributed by atoms with Gasteiger partial charge in [0.15, 0.2) is 0 Å². The molecular formula is C17H16F3NO3. The number of allylic oxidation sites excluding steroid dienone is 2. The van der Waals surface area contributed by atoms with Gasteiger partial charge in [0.25, 0.3) is 0 Å². The van der Waals surface area contributed by atoms with Crippen molar-refractivity contribution >= 4 is 5.97 Å². The predicted octanol–water partition coefficient (Wildman–Crippen LogP) is 4.57. The second-order valence-electron chi connectivity index (χ2n) is 5.74. The van der Waals surface area contributed by atoms with Gasteiger partial charge in [-0.25, -0.2) is 4.79 Å². The molecule has 0 amide bonds. The summed E-state index contributed by atoms with van der Waals surface area (Å²) in [5.41, 5.74) is -0.593. The molecule has 0 aromatic heterocycles. The van der Waals surface area contributed by atoms with Gasteiger partial charge < -0.3 is 9.84 Å². The molecule has 7 heteroatoms. The lowest BCUT2D eigenvalue weighted by molar-refractivity contribution is -0.274. The number of nitriles is 1. The van der Waals surface area contributed by atoms with Gasteiger partial charge in [-0.2, -0.15) is 5.26 Å². The summed E-state index contributed by atoms with van der Waals surface area (Å²) in [6, 6.07) is 5.11. The molecule has 0 unspecified atom stereocenters. The quantitative estimate of drug-likeness (QED) is 0.816. The first-order valence-electron chi connectivity index (χ1n) is 7.48. The summed E-state index contributed by atoms with van der Waals surface area (Å²) in [6.45, 7) is 0. The van der Waals surface area contributed by atoms with Gasteiger partial charge in [0.2, 0.25) is 0 Å². The molecule has 0 spiro atoms. The number of aromatic carboxylic acids is 1. The molecule has 1 aliphatic carbocycles. The maximum Gasteiger partial charge on any atom is 0.573 e. The summed E-state index contributed by atoms with van der Waals surface area (Å²) in [7, 11) is 0. The molecule has 0 aliphatic heterocycles. The van der Waals surface area contributed by atoms with Crippen LogP contribution in [0.25, 0.3) is 0 Å². The molecule has 0 saturated heterocycles. The summed E-state index contributed by atoms with van der Waals surface area (Å²) >= 11 is 0. The monoisotopic (exact) mass is 339 g/mol. The van der Waals surface area contributed by atoms with Crippen molar-refractivity contribution in [2.75, 3.05) is 0 Å². The lowest BCUT2D eigenvalue weighted by Crippen LogP contribution is -2.29. The zero-order valence-electron chi connectivity index (χ0n) is 12.8. The van der Waals surface area contributed by atoms with Crippen LogP contribution >= 0.6 is 0 Å². The van der Waals surface area contributed by atoms with Crippen molar-refractivity contribution < 1.29 is 27.8 Å². The highest BCUT2D eigenvalue weighted by molar-refractivity contribution is 5.90. The standard InChI is InChI=1S/C17H16F3NO3/c18-17(19,20)24-12-5-6-13(15(22)23)14(11-12)16(9-4-10-21)7-2-1-3-8-16/h4-6,9,11H,1-3,7-8H2,(H,22,23)/b9-4+. The van der Waals surface area contributed by atoms with Crippen molar-refractivity contribution in [1.82, 2.24) is 0 Å². The Morgan fingerprint density at radius 1 is 1.29 bits per heavy atom. The van der Waals surface area contributed by atoms with Gasteiger partial charge >= 0.3 is 12.3 Å². The number of ether oxygens (including phenoxy) is 1. The maximum absolute atomic E-state index is 12.5. The van der Waals surface area contributed by atoms with Gasteiger partial charge in [-0.05, 0) is 36.6 Å². The molecule has 0 bridgehead atoms. The van der Waals surface area contributed by atoms with E-state index < -0.39 is 23.5 Å². The van der Waals surface area contributed by atoms with Crippen LogP contribution in [0.4, 0.5) is 13.2 Å². The van der Waals surface area contributed by atoms with E-state index >= 15 is 0 Å². The second kappa shape index (κ2) is 6.95. The normalized spacial score (nSPS) is 17.4. The molecular weight excluding hydrogens is 323 g/mol. The van der Waals surface area contributed by atoms with Crippen LogP contribution in [-0.4, -0.2) is 17.4 Å². The number of hydrogen-bond donors (Lipinski definition) is 1. The fourth-order valence-electron chi connectivity index (χ4n) is 3.22. The number of carbonyl (C=O) groups is 1. The van der Waals surface area contributed by atoms with Crippen LogP contribution in [0.5, 0.6) is 5.75 Å². The van der Waals surface area contributed by atoms with Crippen LogP contribution in [0.3, 0.4) is 0 Å². The molecule has 0 atom stereocenters. The Balaban J connectivity index is 2.58. The number of carboxylic acids is 1. The van der Waals surface area contributed by atoms with Crippen LogP contribution in [0.2, 0.25) is 0 Å². The van der Waals surface area contributed by atoms with Crippen LogP contribution in [0.15, 0.2) is 30.4 Å². The van der Waals surface area contributed by atoms with Gasteiger partial charge in [-0.1, -0.05) is 25.3 Å². The molecule has 2 rings (SSSR count). The van der Waals surface area contributed by atoms with Crippen LogP contribution in [-0.2, 0) is 5.41 Å². The fourth-order valence-corrected chi connectivity index (χ4v) is 3.22. The number of benzene rings is 1. The maximum atomic E-state index is 12.5. The molecule has 0 heterocycles. The minimum atomic E-state index is -4.86. The minimum Gasteiger partial charge on any atom is -0.478 e. The van der Waals surface area contributed by atoms with Gasteiger partial charge in [-0.3, -0.25) is 0 Å². The first kappa shape index (κ1) is 17.9. The lowest BCUT2D eigenvalue weighted by Gasteiger charge is -2.36. The second-order valence-corrected chi connectivity index (χ2v) is 5.74. The average Bonchev–Trinajstić information content (AvgIpc) is 2.52. The van der Waals surface area contributed by atoms with E-state index in [9.17, 15) is 23.1 Å². The Hall–Kier alpha value is -2.49. The van der Waals surface area contributed by atoms with E-state index in [2.05, 4.69) is 4.74 Å². The molecule has 1 fully saturated rings. The first-order chi connectivity index (χ1) is 11.3. The predicted molar refractivity (Wildman–Crippen MR) is 79.6 cm³/mol. The SMILES string of the molecule is N#C/C=C/C1(c2cc(OC(F)(F)F)ccc2C(=O)O)CCCCC1. The Labute approximate surface area is 137 Å². The van der Waals surface area contributed by atoms with Crippen molar-refractivity contribution in [1.29, 1.82) is 5.26 Å². The largest absolute Gasteiger partial charge is 0.573 e. The smallest absolute Gasteiger partial charge is 0.478 e. The minimum absolute atomic E-state index is 0.0750. The van der Waals surface area contributed by atoms with Gasteiger partial charge in [-0.15, -0.1) is 13.2 Å². The van der Waals surface area contributed by atoms with E-state index in [-0.39, 0.29) is 11.1 Å². The fraction of sp³-hybridized carbons (Fsp3) is 0.412. The van der Waals surface area contributed by atoms with Crippen molar-refractivity contribution in [2.45, 2.75) is 43.9 Å². The van der Waals surface area contributed by atoms with Crippen LogP contribution < -0.4 is 4.74 Å². The topological polar surface area (TPSA) is 70.3 Å². The summed E-state index contributed by atoms with van der Waals surface area (Å²) in [5, 5.41) is 18.2. The van der Waals surface area contributed by atoms with Gasteiger partial charge in [0, 0.05) is 11.5 Å². The molecule has 1 aromatic rings. The molecule has 1 aliphatic rings. The third kappa shape index (κ3) is 4.07. The third-order valence-electron chi connectivity index (χ3n) is 4.21. The number of halogens is 3. The average molecular weight is 339 g/mol. The highest BCUT2D eigenvalue weighted by Crippen LogP contribution is 2.43. The highest BCUT2D eigenvalue weighted by atomic mass is 19.4. The van der Waals surface area contributed by atoms with E-state index in [1.807, 2.05) is 6.07 Å². The van der Waals surface area contributed by atoms with Gasteiger partial charge in [0.05, 0.1) is 11.6 Å². The van der Waals surface area contributed by atoms with Crippen LogP contribution in [0, 0.1) is 11.3 Å². The van der Waals surface area contributed by atoms with Crippen molar-refractivity contribution in [3.05, 3.63) is 41.5 Å². The Kier molecular flexibility index (Phi) is 5.17. The Morgan fingerprint density at radius 2 is 1.96 bits per heavy atom. The van der Waals surface area contributed by atoms with Crippen molar-refractivity contribution in [3.8, 4) is 11.8 Å². The lowest BCUT2D eigenvalue weighted by atomic mass is 9.68. The summed E-state index contributed by atoms with van der Waals surface area (Å²) in [4.78, 5) is 11.5. The first-order valence-corrected chi connectivity index (χ1v) is 7.48. The molecule has 1 aromatic carbocycles. The molecule has 1 saturated carbocycles. The van der Waals surface area contributed by atoms with Crippen molar-refractivity contribution in [2.24, 2.45) is 0 Å². The molecule has 1 N–H and O–H groups in total. The van der Waals surface area contributed by atoms with E-state index in [4.69, 9.17) is 5.26 Å². The van der Waals surface area contributed by atoms with E-state index in [1.54, 1.807) is 6.08 Å². The number of hydrogen-bond acceptors (Lipinski definition) is 3. The number of nitrogens with zero attached hydrogens (tertiary/aromatic N) is 1. The Bertz CT molecular complexity index is 683. The van der Waals surface area contributed by atoms with Crippen LogP contribution in [0.1, 0.15) is 48.0 Å². The number of alkyl halides is 3. The van der Waals surface area contributed by atoms with E-state index in [0.29, 0.717) is 12.8 Å². The summed E-state index contributed by atoms with van der Waals surface area (Å²) in [5.74, 6) is -1.68. The zero-order chi connectivity index (χ0) is 17.8. The van der Waals surface area contributed by atoms with E-state index in [0.717, 1.165) is 37.5 Å². The highest BCUT2D eigenvalue weighted by Gasteiger charge is 2.36. The number of carboxylic acid groups (broad SMARTS) is 1. The molecule has 24 heavy (non-hydrogen) atoms. The third-order valence-corrected chi connectivity index (χ3v) is 4.21. The van der Waals surface area contributed by atoms with E-state index in [1.165, 1.54) is 6.08 Å². The summed E-state index contributed by atoms with van der Waals surface area (Å²) < 4.78 is 41.4. The van der Waals surface area contributed by atoms with Crippen molar-refractivity contribution in [3.63, 3.8) is 0 Å². The number of rotatable bonds is 4. The Morgan fingerprint density at radius 3 is 2.50 bits per heavy atom. The molecule has 0 radical (unpaired) electrons. The summed E-state index contributed by atoms with van der Waals surface area (Å²) in [6.07, 6.45) is 1.72. The zero-order valence-corrected chi connectivity index (χ0v) is 12.8. The molecule has 4 nitrogen and oxygen atoms in total.